The number of aromatic amines is 2. The van der Waals surface area contributed by atoms with E-state index >= 15 is 0 Å². The Morgan fingerprint density at radius 1 is 0.327 bits per heavy atom. The fraction of sp³-hybridized carbons (Fsp3) is 0.590. The molecule has 570 valence electrons. The lowest BCUT2D eigenvalue weighted by Gasteiger charge is -2.45. The molecular weight excluding hydrogens is 1340 g/mol. The van der Waals surface area contributed by atoms with Crippen molar-refractivity contribution in [2.24, 2.45) is 0 Å². The van der Waals surface area contributed by atoms with Crippen molar-refractivity contribution in [1.82, 2.24) is 19.9 Å². The predicted molar refractivity (Wildman–Crippen MR) is 386 cm³/mol. The molecule has 104 heavy (non-hydrogen) atoms. The van der Waals surface area contributed by atoms with E-state index in [1.807, 2.05) is 48.6 Å². The maximum Gasteiger partial charge on any atom is 0.229 e. The number of aromatic nitrogens is 4. The minimum absolute atomic E-state index is 0.209. The van der Waals surface area contributed by atoms with Crippen molar-refractivity contribution in [2.45, 2.75) is 265 Å². The molecule has 0 radical (unpaired) electrons. The van der Waals surface area contributed by atoms with Crippen molar-refractivity contribution in [2.75, 3.05) is 26.4 Å². The van der Waals surface area contributed by atoms with Crippen LogP contribution in [0.2, 0.25) is 0 Å². The molecule has 0 spiro atoms. The van der Waals surface area contributed by atoms with E-state index in [2.05, 4.69) is 48.1 Å². The summed E-state index contributed by atoms with van der Waals surface area (Å²) >= 11 is 0. The Kier molecular flexibility index (Phi) is 28.5. The zero-order valence-corrected chi connectivity index (χ0v) is 59.2. The maximum absolute atomic E-state index is 11.5. The van der Waals surface area contributed by atoms with Gasteiger partial charge in [0.2, 0.25) is 12.6 Å². The molecule has 8 bridgehead atoms. The molecule has 9 heterocycles. The van der Waals surface area contributed by atoms with Crippen LogP contribution in [-0.2, 0) is 41.3 Å². The third-order valence-corrected chi connectivity index (χ3v) is 20.7. The second-order valence-corrected chi connectivity index (χ2v) is 28.2. The van der Waals surface area contributed by atoms with Crippen LogP contribution in [0.5, 0.6) is 11.5 Å². The van der Waals surface area contributed by atoms with Crippen molar-refractivity contribution >= 4 is 46.4 Å². The van der Waals surface area contributed by atoms with Gasteiger partial charge in [0.1, 0.15) is 109 Å². The first-order valence-corrected chi connectivity index (χ1v) is 37.3. The molecule has 0 amide bonds. The molecule has 4 fully saturated rings. The minimum Gasteiger partial charge on any atom is -0.462 e. The number of hydrogen-bond donors (Lipinski definition) is 16. The molecule has 0 saturated carbocycles. The molecule has 26 nitrogen and oxygen atoms in total. The summed E-state index contributed by atoms with van der Waals surface area (Å²) < 4.78 is 46.9. The molecule has 26 heteroatoms. The smallest absolute Gasteiger partial charge is 0.229 e. The number of nitrogens with one attached hydrogen (secondary N) is 2. The summed E-state index contributed by atoms with van der Waals surface area (Å²) in [6.07, 6.45) is -1.85. The summed E-state index contributed by atoms with van der Waals surface area (Å²) in [5.74, 6) is 0.417. The molecule has 20 atom stereocenters. The van der Waals surface area contributed by atoms with Crippen molar-refractivity contribution in [3.63, 3.8) is 0 Å². The number of unbranched alkanes of at least 4 members (excludes halogenated alkanes) is 16. The van der Waals surface area contributed by atoms with Crippen LogP contribution in [0.15, 0.2) is 72.8 Å². The number of aliphatic hydroxyl groups is 14. The average molecular weight is 1450 g/mol. The second-order valence-electron chi connectivity index (χ2n) is 28.2. The van der Waals surface area contributed by atoms with Crippen LogP contribution in [0.25, 0.3) is 68.6 Å². The zero-order chi connectivity index (χ0) is 73.6. The van der Waals surface area contributed by atoms with Gasteiger partial charge >= 0.3 is 0 Å². The van der Waals surface area contributed by atoms with Crippen LogP contribution < -0.4 is 9.47 Å². The molecule has 11 rings (SSSR count). The Labute approximate surface area is 605 Å². The predicted octanol–water partition coefficient (Wildman–Crippen LogP) is 6.14. The van der Waals surface area contributed by atoms with E-state index in [0.29, 0.717) is 33.6 Å². The molecule has 2 aromatic carbocycles. The van der Waals surface area contributed by atoms with E-state index < -0.39 is 149 Å². The van der Waals surface area contributed by atoms with E-state index in [-0.39, 0.29) is 11.5 Å². The van der Waals surface area contributed by atoms with Gasteiger partial charge in [-0.25, -0.2) is 9.97 Å². The number of ether oxygens (including phenoxy) is 8. The minimum atomic E-state index is -1.83. The van der Waals surface area contributed by atoms with Crippen LogP contribution in [0.1, 0.15) is 163 Å². The average Bonchev–Trinajstić information content (AvgIpc) is 1.67. The molecule has 6 aliphatic heterocycles. The van der Waals surface area contributed by atoms with E-state index in [1.54, 1.807) is 24.3 Å². The van der Waals surface area contributed by atoms with Gasteiger partial charge in [0.05, 0.1) is 49.2 Å². The molecule has 16 N–H and O–H groups in total. The first kappa shape index (κ1) is 78.9. The zero-order valence-electron chi connectivity index (χ0n) is 59.2. The largest absolute Gasteiger partial charge is 0.462 e. The fourth-order valence-electron chi connectivity index (χ4n) is 14.7. The Bertz CT molecular complexity index is 3520. The first-order chi connectivity index (χ1) is 50.5. The molecular formula is C78H106N4O22. The summed E-state index contributed by atoms with van der Waals surface area (Å²) in [6.45, 7) is 1.50. The van der Waals surface area contributed by atoms with Crippen LogP contribution in [-0.4, -0.2) is 241 Å². The van der Waals surface area contributed by atoms with Crippen molar-refractivity contribution in [3.8, 4) is 33.8 Å². The number of fused-ring (bicyclic) bond motifs is 8. The standard InChI is InChI=1S/C78H106N4O22/c1-3-5-7-9-11-13-15-17-19-21-47-49-31-32-50(79-49)48(22-20-18-16-14-12-10-8-6-4-2)52-34-36-54(81-52)62(44-25-29-46(30-26-44)98-76-72(96)68(92)74(60(42-86)102-76)104-78-70(94)66(90)64(88)58(40-84)100-78)56-38-37-55(82-56)61(53-35-33-51(47)80-53)43-23-27-45(28-24-43)97-75-71(95)67(91)73(59(41-85)101-75)103-77-69(93)65(89)63(87)57(39-83)99-77/h23-38,57-60,63-78,80-81,83-96H,3-22,39-42H2,1-2H3/t57-,58-,59-,60-,63-,64-,65+,66+,67-,68-,69-,70-,71-,72-,73-,74-,75-,76-,77-,78-/m1/s1. The normalized spacial score (nSPS) is 29.9. The lowest BCUT2D eigenvalue weighted by molar-refractivity contribution is -0.352. The summed E-state index contributed by atoms with van der Waals surface area (Å²) in [4.78, 5) is 18.6. The van der Waals surface area contributed by atoms with Crippen molar-refractivity contribution in [3.05, 3.63) is 107 Å². The molecule has 5 aromatic rings. The van der Waals surface area contributed by atoms with E-state index in [0.717, 1.165) is 95.9 Å². The summed E-state index contributed by atoms with van der Waals surface area (Å²) in [6, 6.07) is 22.2. The molecule has 6 aliphatic rings. The van der Waals surface area contributed by atoms with Gasteiger partial charge in [-0.05, 0) is 110 Å². The lowest BCUT2D eigenvalue weighted by atomic mass is 9.97. The van der Waals surface area contributed by atoms with Gasteiger partial charge in [-0.2, -0.15) is 0 Å². The Morgan fingerprint density at radius 2 is 0.635 bits per heavy atom. The molecule has 4 saturated heterocycles. The monoisotopic (exact) mass is 1450 g/mol. The first-order valence-electron chi connectivity index (χ1n) is 37.3. The number of hydrogen-bond acceptors (Lipinski definition) is 24. The van der Waals surface area contributed by atoms with Gasteiger partial charge in [-0.1, -0.05) is 141 Å². The SMILES string of the molecule is CCCCCCCCCCCc1c2nc(c(CCCCCCCCCCC)c3ccc([nH]3)c(-c3ccc(O[C@@H]4O[C@H](CO)[C@@H](O[C@H]5O[C@H](CO)[C@@H](O)[C@H](O)[C@H]5O)[C@H](O)[C@H]4O)cc3)c3nc(c(-c4ccc(O[C@@H]5O[C@H](CO)[C@@H](O[C@H]6O[C@H](CO)[C@@H](O)[C@H](O)[C@H]6O)[C@H](O)[C@H]5O)cc4)c4ccc1[nH]4)C=C3)C=C2. The highest BCUT2D eigenvalue weighted by atomic mass is 16.8. The van der Waals surface area contributed by atoms with Gasteiger partial charge in [0, 0.05) is 44.3 Å². The molecule has 0 unspecified atom stereocenters. The quantitative estimate of drug-likeness (QED) is 0.0201. The van der Waals surface area contributed by atoms with Crippen LogP contribution in [0.3, 0.4) is 0 Å². The lowest BCUT2D eigenvalue weighted by Crippen LogP contribution is -2.65. The number of rotatable bonds is 34. The van der Waals surface area contributed by atoms with E-state index in [1.165, 1.54) is 77.0 Å². The topological polar surface area (TPSA) is 414 Å². The highest BCUT2D eigenvalue weighted by molar-refractivity contribution is 5.96. The number of H-pyrrole nitrogens is 2. The van der Waals surface area contributed by atoms with E-state index in [9.17, 15) is 71.5 Å². The Balaban J connectivity index is 0.946. The third kappa shape index (κ3) is 18.5. The van der Waals surface area contributed by atoms with Crippen LogP contribution in [0, 0.1) is 0 Å². The van der Waals surface area contributed by atoms with Crippen molar-refractivity contribution in [1.29, 1.82) is 0 Å². The molecule has 0 aliphatic carbocycles. The number of aryl methyl sites for hydroxylation is 2. The van der Waals surface area contributed by atoms with E-state index in [4.69, 9.17) is 47.9 Å². The van der Waals surface area contributed by atoms with Crippen LogP contribution in [0.4, 0.5) is 0 Å². The Hall–Kier alpha value is -6.16. The maximum atomic E-state index is 11.5. The fourth-order valence-corrected chi connectivity index (χ4v) is 14.7. The van der Waals surface area contributed by atoms with Gasteiger partial charge in [0.15, 0.2) is 12.6 Å². The summed E-state index contributed by atoms with van der Waals surface area (Å²) in [5, 5.41) is 149. The van der Waals surface area contributed by atoms with Gasteiger partial charge in [0.25, 0.3) is 0 Å². The number of aliphatic hydroxyl groups excluding tert-OH is 14. The summed E-state index contributed by atoms with van der Waals surface area (Å²) in [7, 11) is 0. The third-order valence-electron chi connectivity index (χ3n) is 20.7. The highest BCUT2D eigenvalue weighted by Gasteiger charge is 2.53. The van der Waals surface area contributed by atoms with Gasteiger partial charge in [-0.15, -0.1) is 0 Å². The van der Waals surface area contributed by atoms with Crippen LogP contribution >= 0.6 is 0 Å². The molecule has 3 aromatic heterocycles. The highest BCUT2D eigenvalue weighted by Crippen LogP contribution is 2.40. The van der Waals surface area contributed by atoms with Crippen molar-refractivity contribution < 1.29 is 109 Å². The van der Waals surface area contributed by atoms with Gasteiger partial charge < -0.3 is 119 Å². The Morgan fingerprint density at radius 3 is 0.990 bits per heavy atom. The second kappa shape index (κ2) is 37.6. The summed E-state index contributed by atoms with van der Waals surface area (Å²) in [5.41, 5.74) is 11.2. The number of benzene rings is 2. The van der Waals surface area contributed by atoms with Gasteiger partial charge in [-0.3, -0.25) is 0 Å². The number of nitrogens with zero attached hydrogens (tertiary/aromatic N) is 2.